The van der Waals surface area contributed by atoms with Gasteiger partial charge in [0.25, 0.3) is 0 Å². The van der Waals surface area contributed by atoms with E-state index < -0.39 is 0 Å². The minimum absolute atomic E-state index is 0.155. The third-order valence-corrected chi connectivity index (χ3v) is 6.89. The third-order valence-electron chi connectivity index (χ3n) is 6.89. The Hall–Kier alpha value is -3.25. The molecule has 0 N–H and O–H groups in total. The average Bonchev–Trinajstić information content (AvgIpc) is 2.87. The van der Waals surface area contributed by atoms with Crippen molar-refractivity contribution in [2.45, 2.75) is 45.2 Å². The number of aryl methyl sites for hydroxylation is 1. The minimum Gasteiger partial charge on any atom is -0.341 e. The van der Waals surface area contributed by atoms with Gasteiger partial charge < -0.3 is 9.80 Å². The highest BCUT2D eigenvalue weighted by Crippen LogP contribution is 2.26. The van der Waals surface area contributed by atoms with E-state index in [1.165, 1.54) is 29.8 Å². The van der Waals surface area contributed by atoms with Crippen LogP contribution in [0.15, 0.2) is 78.9 Å². The molecule has 2 atom stereocenters. The predicted molar refractivity (Wildman–Crippen MR) is 141 cm³/mol. The van der Waals surface area contributed by atoms with Crippen molar-refractivity contribution >= 4 is 17.3 Å². The summed E-state index contributed by atoms with van der Waals surface area (Å²) >= 11 is 0. The van der Waals surface area contributed by atoms with Gasteiger partial charge in [0.2, 0.25) is 5.91 Å². The van der Waals surface area contributed by atoms with Gasteiger partial charge in [-0.2, -0.15) is 0 Å². The Bertz CT molecular complexity index is 1050. The normalized spacial score (nSPS) is 18.3. The molecule has 1 aliphatic rings. The Kier molecular flexibility index (Phi) is 8.70. The topological polar surface area (TPSA) is 26.8 Å². The van der Waals surface area contributed by atoms with Gasteiger partial charge in [-0.15, -0.1) is 0 Å². The highest BCUT2D eigenvalue weighted by Gasteiger charge is 2.32. The number of anilines is 2. The van der Waals surface area contributed by atoms with Crippen LogP contribution in [0.5, 0.6) is 0 Å². The van der Waals surface area contributed by atoms with E-state index in [1.54, 1.807) is 24.3 Å². The molecule has 0 aliphatic carbocycles. The first-order valence-corrected chi connectivity index (χ1v) is 12.8. The zero-order valence-corrected chi connectivity index (χ0v) is 21.1. The van der Waals surface area contributed by atoms with Crippen molar-refractivity contribution in [3.05, 3.63) is 96.1 Å². The Labute approximate surface area is 213 Å². The van der Waals surface area contributed by atoms with E-state index in [9.17, 15) is 13.6 Å². The molecule has 0 aromatic heterocycles. The summed E-state index contributed by atoms with van der Waals surface area (Å²) in [6.07, 6.45) is 2.18. The van der Waals surface area contributed by atoms with E-state index in [2.05, 4.69) is 40.7 Å². The number of hydrogen-bond acceptors (Lipinski definition) is 3. The molecule has 1 aliphatic heterocycles. The van der Waals surface area contributed by atoms with Gasteiger partial charge >= 0.3 is 0 Å². The van der Waals surface area contributed by atoms with Crippen LogP contribution >= 0.6 is 0 Å². The van der Waals surface area contributed by atoms with Crippen LogP contribution in [0.25, 0.3) is 0 Å². The van der Waals surface area contributed by atoms with E-state index in [4.69, 9.17) is 0 Å². The largest absolute Gasteiger partial charge is 0.341 e. The van der Waals surface area contributed by atoms with Crippen LogP contribution in [0.1, 0.15) is 32.3 Å². The molecule has 0 saturated carbocycles. The van der Waals surface area contributed by atoms with E-state index in [0.29, 0.717) is 6.42 Å². The number of rotatable bonds is 9. The number of amides is 1. The Morgan fingerprint density at radius 1 is 0.833 bits per heavy atom. The average molecular weight is 492 g/mol. The first-order valence-electron chi connectivity index (χ1n) is 12.8. The van der Waals surface area contributed by atoms with Crippen LogP contribution in [-0.4, -0.2) is 54.0 Å². The van der Waals surface area contributed by atoms with Crippen LogP contribution in [0.2, 0.25) is 0 Å². The first kappa shape index (κ1) is 25.8. The number of carbonyl (C=O) groups excluding carboxylic acids is 1. The second kappa shape index (κ2) is 12.1. The number of nitrogens with zero attached hydrogens (tertiary/aromatic N) is 3. The molecule has 0 radical (unpaired) electrons. The van der Waals surface area contributed by atoms with Crippen molar-refractivity contribution in [3.63, 3.8) is 0 Å². The molecule has 36 heavy (non-hydrogen) atoms. The number of hydrogen-bond donors (Lipinski definition) is 0. The molecule has 4 nitrogen and oxygen atoms in total. The second-order valence-corrected chi connectivity index (χ2v) is 9.70. The Balaban J connectivity index is 1.32. The van der Waals surface area contributed by atoms with Crippen molar-refractivity contribution in [1.29, 1.82) is 0 Å². The summed E-state index contributed by atoms with van der Waals surface area (Å²) in [5, 5.41) is 0. The molecule has 4 rings (SSSR count). The van der Waals surface area contributed by atoms with Gasteiger partial charge in [0.15, 0.2) is 0 Å². The zero-order chi connectivity index (χ0) is 25.5. The van der Waals surface area contributed by atoms with E-state index in [0.717, 1.165) is 50.4 Å². The van der Waals surface area contributed by atoms with Crippen molar-refractivity contribution in [3.8, 4) is 0 Å². The van der Waals surface area contributed by atoms with Gasteiger partial charge in [-0.05, 0) is 80.8 Å². The van der Waals surface area contributed by atoms with Gasteiger partial charge in [-0.1, -0.05) is 30.3 Å². The van der Waals surface area contributed by atoms with Crippen LogP contribution in [-0.2, 0) is 11.2 Å². The third kappa shape index (κ3) is 6.70. The first-order chi connectivity index (χ1) is 17.4. The van der Waals surface area contributed by atoms with Gasteiger partial charge in [0.05, 0.1) is 0 Å². The van der Waals surface area contributed by atoms with Gasteiger partial charge in [0.1, 0.15) is 11.6 Å². The fourth-order valence-corrected chi connectivity index (χ4v) is 5.23. The minimum atomic E-state index is -0.281. The fraction of sp³-hybridized carbons (Fsp3) is 0.367. The molecule has 1 heterocycles. The summed E-state index contributed by atoms with van der Waals surface area (Å²) < 4.78 is 27.0. The standard InChI is InChI=1S/C30H35F2N3O/c1-23-21-33(22-24(2)35(23)30(36)18-9-25-7-4-3-5-8-25)19-6-20-34(28-14-10-26(31)11-15-28)29-16-12-27(32)13-17-29/h3-5,7-8,10-17,23-24H,6,9,18-22H2,1-2H3/t23-,24+. The van der Waals surface area contributed by atoms with Gasteiger partial charge in [-0.25, -0.2) is 8.78 Å². The van der Waals surface area contributed by atoms with Crippen LogP contribution in [0.3, 0.4) is 0 Å². The summed E-state index contributed by atoms with van der Waals surface area (Å²) in [6, 6.07) is 23.3. The smallest absolute Gasteiger partial charge is 0.223 e. The Morgan fingerprint density at radius 3 is 1.89 bits per heavy atom. The maximum absolute atomic E-state index is 13.5. The predicted octanol–water partition coefficient (Wildman–Crippen LogP) is 6.05. The Morgan fingerprint density at radius 2 is 1.36 bits per heavy atom. The van der Waals surface area contributed by atoms with Crippen molar-refractivity contribution < 1.29 is 13.6 Å². The van der Waals surface area contributed by atoms with Crippen molar-refractivity contribution in [2.75, 3.05) is 31.1 Å². The number of benzene rings is 3. The van der Waals surface area contributed by atoms with Gasteiger partial charge in [0, 0.05) is 56.1 Å². The SMILES string of the molecule is C[C@@H]1CN(CCCN(c2ccc(F)cc2)c2ccc(F)cc2)C[C@H](C)N1C(=O)CCc1ccccc1. The molecular formula is C30H35F2N3O. The molecule has 0 bridgehead atoms. The van der Waals surface area contributed by atoms with E-state index in [-0.39, 0.29) is 29.6 Å². The molecule has 6 heteroatoms. The summed E-state index contributed by atoms with van der Waals surface area (Å²) in [4.78, 5) is 19.6. The highest BCUT2D eigenvalue weighted by atomic mass is 19.1. The fourth-order valence-electron chi connectivity index (χ4n) is 5.23. The lowest BCUT2D eigenvalue weighted by Gasteiger charge is -2.45. The number of carbonyl (C=O) groups is 1. The molecular weight excluding hydrogens is 456 g/mol. The lowest BCUT2D eigenvalue weighted by Crippen LogP contribution is -2.58. The molecule has 0 unspecified atom stereocenters. The summed E-state index contributed by atoms with van der Waals surface area (Å²) in [7, 11) is 0. The van der Waals surface area contributed by atoms with E-state index >= 15 is 0 Å². The number of piperazine rings is 1. The summed E-state index contributed by atoms with van der Waals surface area (Å²) in [6.45, 7) is 7.55. The summed E-state index contributed by atoms with van der Waals surface area (Å²) in [5.41, 5.74) is 2.94. The molecule has 3 aromatic rings. The molecule has 1 amide bonds. The van der Waals surface area contributed by atoms with Crippen LogP contribution in [0.4, 0.5) is 20.2 Å². The number of halogens is 2. The molecule has 190 valence electrons. The zero-order valence-electron chi connectivity index (χ0n) is 21.1. The quantitative estimate of drug-likeness (QED) is 0.365. The second-order valence-electron chi connectivity index (χ2n) is 9.70. The monoisotopic (exact) mass is 491 g/mol. The highest BCUT2D eigenvalue weighted by molar-refractivity contribution is 5.77. The lowest BCUT2D eigenvalue weighted by atomic mass is 10.0. The lowest BCUT2D eigenvalue weighted by molar-refractivity contribution is -0.139. The maximum atomic E-state index is 13.5. The van der Waals surface area contributed by atoms with Crippen molar-refractivity contribution in [2.24, 2.45) is 0 Å². The molecule has 3 aromatic carbocycles. The van der Waals surface area contributed by atoms with E-state index in [1.807, 2.05) is 18.2 Å². The molecule has 1 saturated heterocycles. The molecule has 1 fully saturated rings. The molecule has 0 spiro atoms. The van der Waals surface area contributed by atoms with Crippen LogP contribution < -0.4 is 4.90 Å². The maximum Gasteiger partial charge on any atom is 0.223 e. The van der Waals surface area contributed by atoms with Gasteiger partial charge in [-0.3, -0.25) is 9.69 Å². The van der Waals surface area contributed by atoms with Crippen LogP contribution in [0, 0.1) is 11.6 Å². The summed E-state index contributed by atoms with van der Waals surface area (Å²) in [5.74, 6) is -0.341. The van der Waals surface area contributed by atoms with Crippen molar-refractivity contribution in [1.82, 2.24) is 9.80 Å².